The van der Waals surface area contributed by atoms with Gasteiger partial charge in [-0.05, 0) is 18.6 Å². The number of rotatable bonds is 3. The molecule has 0 saturated carbocycles. The van der Waals surface area contributed by atoms with Crippen molar-refractivity contribution in [3.8, 4) is 11.5 Å². The molecule has 2 aromatic rings. The molecule has 1 fully saturated rings. The SMILES string of the molecule is N[C@H]1CCN(Cc2cc(-c3ccco3)on2)C1. The number of nitrogens with two attached hydrogens (primary N) is 1. The van der Waals surface area contributed by atoms with E-state index in [1.165, 1.54) is 0 Å². The highest BCUT2D eigenvalue weighted by atomic mass is 16.5. The molecule has 90 valence electrons. The highest BCUT2D eigenvalue weighted by Gasteiger charge is 2.20. The molecule has 3 heterocycles. The van der Waals surface area contributed by atoms with Gasteiger partial charge in [-0.2, -0.15) is 0 Å². The lowest BCUT2D eigenvalue weighted by molar-refractivity contribution is 0.310. The van der Waals surface area contributed by atoms with E-state index in [9.17, 15) is 0 Å². The molecule has 0 bridgehead atoms. The van der Waals surface area contributed by atoms with Crippen molar-refractivity contribution in [1.82, 2.24) is 10.1 Å². The van der Waals surface area contributed by atoms with Crippen LogP contribution in [0.4, 0.5) is 0 Å². The number of aromatic nitrogens is 1. The number of furan rings is 1. The Labute approximate surface area is 99.2 Å². The summed E-state index contributed by atoms with van der Waals surface area (Å²) in [5.41, 5.74) is 6.78. The predicted molar refractivity (Wildman–Crippen MR) is 62.1 cm³/mol. The molecule has 5 nitrogen and oxygen atoms in total. The first kappa shape index (κ1) is 10.6. The van der Waals surface area contributed by atoms with Crippen LogP contribution in [0.2, 0.25) is 0 Å². The molecule has 0 unspecified atom stereocenters. The minimum absolute atomic E-state index is 0.298. The van der Waals surface area contributed by atoms with Crippen LogP contribution in [0.15, 0.2) is 33.4 Å². The molecular formula is C12H15N3O2. The lowest BCUT2D eigenvalue weighted by Gasteiger charge is -2.11. The van der Waals surface area contributed by atoms with Crippen LogP contribution in [0, 0.1) is 0 Å². The lowest BCUT2D eigenvalue weighted by Crippen LogP contribution is -2.26. The molecule has 0 amide bonds. The summed E-state index contributed by atoms with van der Waals surface area (Å²) in [6.45, 7) is 2.75. The van der Waals surface area contributed by atoms with Crippen molar-refractivity contribution in [1.29, 1.82) is 0 Å². The van der Waals surface area contributed by atoms with Crippen LogP contribution in [0.3, 0.4) is 0 Å². The van der Waals surface area contributed by atoms with E-state index in [1.54, 1.807) is 6.26 Å². The summed E-state index contributed by atoms with van der Waals surface area (Å²) in [5, 5.41) is 4.04. The van der Waals surface area contributed by atoms with Gasteiger partial charge in [-0.25, -0.2) is 0 Å². The van der Waals surface area contributed by atoms with Crippen LogP contribution >= 0.6 is 0 Å². The average molecular weight is 233 g/mol. The Morgan fingerprint density at radius 1 is 1.47 bits per heavy atom. The maximum Gasteiger partial charge on any atom is 0.202 e. The molecular weight excluding hydrogens is 218 g/mol. The topological polar surface area (TPSA) is 68.4 Å². The van der Waals surface area contributed by atoms with Crippen molar-refractivity contribution in [2.24, 2.45) is 5.73 Å². The summed E-state index contributed by atoms with van der Waals surface area (Å²) >= 11 is 0. The Bertz CT molecular complexity index is 478. The van der Waals surface area contributed by atoms with E-state index in [2.05, 4.69) is 10.1 Å². The van der Waals surface area contributed by atoms with Crippen molar-refractivity contribution in [2.45, 2.75) is 19.0 Å². The van der Waals surface area contributed by atoms with E-state index in [-0.39, 0.29) is 0 Å². The van der Waals surface area contributed by atoms with Crippen LogP contribution in [-0.2, 0) is 6.54 Å². The second-order valence-electron chi connectivity index (χ2n) is 4.44. The summed E-state index contributed by atoms with van der Waals surface area (Å²) in [4.78, 5) is 2.29. The standard InChI is InChI=1S/C12H15N3O2/c13-9-3-4-15(7-9)8-10-6-12(17-14-10)11-2-1-5-16-11/h1-2,5-6,9H,3-4,7-8,13H2/t9-/m0/s1. The Morgan fingerprint density at radius 2 is 2.41 bits per heavy atom. The Balaban J connectivity index is 1.69. The molecule has 1 aliphatic heterocycles. The van der Waals surface area contributed by atoms with Gasteiger partial charge in [0.2, 0.25) is 5.76 Å². The van der Waals surface area contributed by atoms with Crippen LogP contribution in [0.25, 0.3) is 11.5 Å². The van der Waals surface area contributed by atoms with E-state index in [4.69, 9.17) is 14.7 Å². The molecule has 0 aliphatic carbocycles. The van der Waals surface area contributed by atoms with E-state index in [0.717, 1.165) is 31.7 Å². The van der Waals surface area contributed by atoms with Crippen molar-refractivity contribution < 1.29 is 8.94 Å². The summed E-state index contributed by atoms with van der Waals surface area (Å²) in [5.74, 6) is 1.38. The maximum atomic E-state index is 5.86. The van der Waals surface area contributed by atoms with Crippen molar-refractivity contribution >= 4 is 0 Å². The Morgan fingerprint density at radius 3 is 3.12 bits per heavy atom. The second-order valence-corrected chi connectivity index (χ2v) is 4.44. The highest BCUT2D eigenvalue weighted by molar-refractivity contribution is 5.49. The minimum Gasteiger partial charge on any atom is -0.461 e. The zero-order valence-electron chi connectivity index (χ0n) is 9.50. The third kappa shape index (κ3) is 2.25. The molecule has 3 rings (SSSR count). The van der Waals surface area contributed by atoms with Crippen LogP contribution in [0.1, 0.15) is 12.1 Å². The summed E-state index contributed by atoms with van der Waals surface area (Å²) < 4.78 is 10.5. The molecule has 2 aromatic heterocycles. The van der Waals surface area contributed by atoms with Gasteiger partial charge in [-0.1, -0.05) is 5.16 Å². The summed E-state index contributed by atoms with van der Waals surface area (Å²) in [7, 11) is 0. The van der Waals surface area contributed by atoms with Gasteiger partial charge in [0.15, 0.2) is 5.76 Å². The maximum absolute atomic E-state index is 5.86. The molecule has 2 N–H and O–H groups in total. The lowest BCUT2D eigenvalue weighted by atomic mass is 10.3. The normalized spacial score (nSPS) is 21.1. The Hall–Kier alpha value is -1.59. The van der Waals surface area contributed by atoms with Gasteiger partial charge < -0.3 is 14.7 Å². The first-order valence-corrected chi connectivity index (χ1v) is 5.78. The van der Waals surface area contributed by atoms with E-state index < -0.39 is 0 Å². The number of hydrogen-bond acceptors (Lipinski definition) is 5. The van der Waals surface area contributed by atoms with Gasteiger partial charge in [-0.3, -0.25) is 4.90 Å². The first-order chi connectivity index (χ1) is 8.31. The highest BCUT2D eigenvalue weighted by Crippen LogP contribution is 2.21. The quantitative estimate of drug-likeness (QED) is 0.869. The largest absolute Gasteiger partial charge is 0.461 e. The summed E-state index contributed by atoms with van der Waals surface area (Å²) in [6, 6.07) is 5.90. The Kier molecular flexibility index (Phi) is 2.70. The minimum atomic E-state index is 0.298. The first-order valence-electron chi connectivity index (χ1n) is 5.78. The smallest absolute Gasteiger partial charge is 0.202 e. The fraction of sp³-hybridized carbons (Fsp3) is 0.417. The van der Waals surface area contributed by atoms with Gasteiger partial charge in [-0.15, -0.1) is 0 Å². The molecule has 1 atom stereocenters. The zero-order valence-corrected chi connectivity index (χ0v) is 9.50. The number of likely N-dealkylation sites (tertiary alicyclic amines) is 1. The van der Waals surface area contributed by atoms with Gasteiger partial charge in [0.1, 0.15) is 0 Å². The molecule has 17 heavy (non-hydrogen) atoms. The van der Waals surface area contributed by atoms with Crippen molar-refractivity contribution in [3.05, 3.63) is 30.2 Å². The molecule has 5 heteroatoms. The average Bonchev–Trinajstić information content (AvgIpc) is 3.00. The predicted octanol–water partition coefficient (Wildman–Crippen LogP) is 1.47. The monoisotopic (exact) mass is 233 g/mol. The van der Waals surface area contributed by atoms with Gasteiger partial charge in [0.05, 0.1) is 12.0 Å². The van der Waals surface area contributed by atoms with E-state index in [1.807, 2.05) is 18.2 Å². The van der Waals surface area contributed by atoms with Crippen LogP contribution in [-0.4, -0.2) is 29.2 Å². The van der Waals surface area contributed by atoms with E-state index in [0.29, 0.717) is 17.6 Å². The van der Waals surface area contributed by atoms with Gasteiger partial charge in [0, 0.05) is 31.7 Å². The third-order valence-corrected chi connectivity index (χ3v) is 3.02. The fourth-order valence-electron chi connectivity index (χ4n) is 2.16. The van der Waals surface area contributed by atoms with Gasteiger partial charge >= 0.3 is 0 Å². The fourth-order valence-corrected chi connectivity index (χ4v) is 2.16. The zero-order chi connectivity index (χ0) is 11.7. The summed E-state index contributed by atoms with van der Waals surface area (Å²) in [6.07, 6.45) is 2.68. The van der Waals surface area contributed by atoms with Crippen LogP contribution in [0.5, 0.6) is 0 Å². The van der Waals surface area contributed by atoms with Gasteiger partial charge in [0.25, 0.3) is 0 Å². The van der Waals surface area contributed by atoms with Crippen molar-refractivity contribution in [3.63, 3.8) is 0 Å². The molecule has 0 spiro atoms. The number of hydrogen-bond donors (Lipinski definition) is 1. The molecule has 1 saturated heterocycles. The molecule has 0 aromatic carbocycles. The molecule has 0 radical (unpaired) electrons. The van der Waals surface area contributed by atoms with Crippen molar-refractivity contribution in [2.75, 3.05) is 13.1 Å². The molecule has 1 aliphatic rings. The third-order valence-electron chi connectivity index (χ3n) is 3.02. The van der Waals surface area contributed by atoms with Crippen LogP contribution < -0.4 is 5.73 Å². The second kappa shape index (κ2) is 4.35. The van der Waals surface area contributed by atoms with E-state index >= 15 is 0 Å². The number of nitrogens with zero attached hydrogens (tertiary/aromatic N) is 2.